The molecule has 2 N–H and O–H groups in total. The lowest BCUT2D eigenvalue weighted by atomic mass is 10.2. The molecule has 0 aliphatic rings. The molecular weight excluding hydrogens is 340 g/mol. The van der Waals surface area contributed by atoms with E-state index in [0.29, 0.717) is 11.4 Å². The largest absolute Gasteiger partial charge is 0.545 e. The van der Waals surface area contributed by atoms with Gasteiger partial charge in [-0.15, -0.1) is 0 Å². The Hall–Kier alpha value is -2.64. The third-order valence-corrected chi connectivity index (χ3v) is 3.16. The van der Waals surface area contributed by atoms with Gasteiger partial charge in [0, 0.05) is 22.3 Å². The van der Waals surface area contributed by atoms with Crippen LogP contribution < -0.4 is 15.7 Å². The molecule has 1 heterocycles. The first kappa shape index (κ1) is 16.7. The Kier molecular flexibility index (Phi) is 5.51. The number of benzene rings is 1. The fourth-order valence-corrected chi connectivity index (χ4v) is 2.03. The standard InChI is InChI=1S/C15H11ClN2O4S/c16-12-5-3-9(8-11(12)14(20)21)17-15(23)18-13(19)6-4-10-2-1-7-22-10/h1-8H,(H,20,21)(H2,17,18,19,23)/p-1/b6-4+. The van der Waals surface area contributed by atoms with E-state index in [9.17, 15) is 14.7 Å². The van der Waals surface area contributed by atoms with Crippen LogP contribution in [0.4, 0.5) is 5.69 Å². The van der Waals surface area contributed by atoms with Crippen molar-refractivity contribution >= 4 is 52.6 Å². The van der Waals surface area contributed by atoms with Crippen molar-refractivity contribution < 1.29 is 19.1 Å². The van der Waals surface area contributed by atoms with E-state index in [1.54, 1.807) is 12.1 Å². The molecule has 1 aromatic carbocycles. The molecule has 0 atom stereocenters. The van der Waals surface area contributed by atoms with Crippen molar-refractivity contribution in [1.82, 2.24) is 5.32 Å². The van der Waals surface area contributed by atoms with Crippen LogP contribution in [-0.4, -0.2) is 17.0 Å². The monoisotopic (exact) mass is 349 g/mol. The highest BCUT2D eigenvalue weighted by atomic mass is 35.5. The number of furan rings is 1. The summed E-state index contributed by atoms with van der Waals surface area (Å²) in [7, 11) is 0. The fourth-order valence-electron chi connectivity index (χ4n) is 1.62. The molecule has 1 amide bonds. The number of carboxylic acid groups (broad SMARTS) is 1. The minimum absolute atomic E-state index is 0.00529. The van der Waals surface area contributed by atoms with Gasteiger partial charge in [-0.2, -0.15) is 0 Å². The average molecular weight is 350 g/mol. The first-order valence-electron chi connectivity index (χ1n) is 6.30. The smallest absolute Gasteiger partial charge is 0.250 e. The molecule has 2 aromatic rings. The maximum Gasteiger partial charge on any atom is 0.250 e. The minimum atomic E-state index is -1.41. The Bertz CT molecular complexity index is 772. The Morgan fingerprint density at radius 3 is 2.74 bits per heavy atom. The minimum Gasteiger partial charge on any atom is -0.545 e. The molecule has 0 unspecified atom stereocenters. The molecule has 0 bridgehead atoms. The number of carboxylic acids is 1. The van der Waals surface area contributed by atoms with Gasteiger partial charge < -0.3 is 19.6 Å². The van der Waals surface area contributed by atoms with E-state index in [0.717, 1.165) is 0 Å². The molecule has 0 fully saturated rings. The summed E-state index contributed by atoms with van der Waals surface area (Å²) in [5, 5.41) is 16.0. The van der Waals surface area contributed by atoms with Gasteiger partial charge in [-0.25, -0.2) is 0 Å². The number of halogens is 1. The molecule has 0 radical (unpaired) electrons. The molecule has 6 nitrogen and oxygen atoms in total. The predicted molar refractivity (Wildman–Crippen MR) is 87.9 cm³/mol. The first-order valence-corrected chi connectivity index (χ1v) is 7.09. The second-order valence-corrected chi connectivity index (χ2v) is 5.09. The van der Waals surface area contributed by atoms with Crippen molar-refractivity contribution in [2.75, 3.05) is 5.32 Å². The van der Waals surface area contributed by atoms with Crippen LogP contribution in [0.15, 0.2) is 47.1 Å². The van der Waals surface area contributed by atoms with Crippen molar-refractivity contribution in [3.05, 3.63) is 59.0 Å². The van der Waals surface area contributed by atoms with Crippen LogP contribution >= 0.6 is 23.8 Å². The van der Waals surface area contributed by atoms with Crippen LogP contribution in [0.25, 0.3) is 6.08 Å². The van der Waals surface area contributed by atoms with Crippen molar-refractivity contribution in [2.24, 2.45) is 0 Å². The highest BCUT2D eigenvalue weighted by Gasteiger charge is 2.06. The number of thiocarbonyl (C=S) groups is 1. The second-order valence-electron chi connectivity index (χ2n) is 4.27. The van der Waals surface area contributed by atoms with E-state index >= 15 is 0 Å². The van der Waals surface area contributed by atoms with Crippen LogP contribution in [-0.2, 0) is 4.79 Å². The van der Waals surface area contributed by atoms with Gasteiger partial charge in [-0.05, 0) is 48.6 Å². The molecule has 118 valence electrons. The molecule has 0 spiro atoms. The number of hydrogen-bond acceptors (Lipinski definition) is 5. The lowest BCUT2D eigenvalue weighted by Gasteiger charge is -2.11. The molecule has 2 rings (SSSR count). The van der Waals surface area contributed by atoms with E-state index in [1.165, 1.54) is 36.6 Å². The van der Waals surface area contributed by atoms with Crippen molar-refractivity contribution in [3.63, 3.8) is 0 Å². The molecule has 8 heteroatoms. The van der Waals surface area contributed by atoms with E-state index in [-0.39, 0.29) is 15.7 Å². The zero-order valence-corrected chi connectivity index (χ0v) is 13.1. The summed E-state index contributed by atoms with van der Waals surface area (Å²) < 4.78 is 5.04. The molecule has 0 aliphatic carbocycles. The number of aromatic carboxylic acids is 1. The van der Waals surface area contributed by atoms with E-state index in [1.807, 2.05) is 0 Å². The third kappa shape index (κ3) is 4.94. The number of amides is 1. The van der Waals surface area contributed by atoms with Crippen molar-refractivity contribution in [1.29, 1.82) is 0 Å². The maximum absolute atomic E-state index is 11.7. The van der Waals surface area contributed by atoms with Gasteiger partial charge in [-0.3, -0.25) is 10.1 Å². The van der Waals surface area contributed by atoms with Crippen LogP contribution in [0.2, 0.25) is 5.02 Å². The number of carbonyl (C=O) groups excluding carboxylic acids is 2. The molecular formula is C15H10ClN2O4S-. The number of nitrogens with one attached hydrogen (secondary N) is 2. The van der Waals surface area contributed by atoms with Gasteiger partial charge >= 0.3 is 0 Å². The Morgan fingerprint density at radius 2 is 2.09 bits per heavy atom. The summed E-state index contributed by atoms with van der Waals surface area (Å²) in [4.78, 5) is 22.6. The van der Waals surface area contributed by atoms with Gasteiger partial charge in [0.2, 0.25) is 5.91 Å². The van der Waals surface area contributed by atoms with Crippen molar-refractivity contribution in [2.45, 2.75) is 0 Å². The third-order valence-electron chi connectivity index (χ3n) is 2.62. The van der Waals surface area contributed by atoms with Crippen LogP contribution in [0, 0.1) is 0 Å². The lowest BCUT2D eigenvalue weighted by Crippen LogP contribution is -2.33. The first-order chi connectivity index (χ1) is 11.0. The highest BCUT2D eigenvalue weighted by Crippen LogP contribution is 2.19. The summed E-state index contributed by atoms with van der Waals surface area (Å²) in [6, 6.07) is 7.55. The number of anilines is 1. The van der Waals surface area contributed by atoms with E-state index in [4.69, 9.17) is 28.2 Å². The predicted octanol–water partition coefficient (Wildman–Crippen LogP) is 1.82. The molecule has 23 heavy (non-hydrogen) atoms. The quantitative estimate of drug-likeness (QED) is 0.646. The molecule has 0 saturated heterocycles. The summed E-state index contributed by atoms with van der Waals surface area (Å²) in [5.74, 6) is -1.35. The van der Waals surface area contributed by atoms with Crippen LogP contribution in [0.5, 0.6) is 0 Å². The fraction of sp³-hybridized carbons (Fsp3) is 0. The number of carbonyl (C=O) groups is 2. The van der Waals surface area contributed by atoms with Gasteiger partial charge in [0.05, 0.1) is 12.2 Å². The second kappa shape index (κ2) is 7.57. The lowest BCUT2D eigenvalue weighted by molar-refractivity contribution is -0.255. The summed E-state index contributed by atoms with van der Waals surface area (Å²) in [5.41, 5.74) is 0.178. The molecule has 0 saturated carbocycles. The zero-order valence-electron chi connectivity index (χ0n) is 11.5. The topological polar surface area (TPSA) is 94.4 Å². The Labute approximate surface area is 141 Å². The van der Waals surface area contributed by atoms with E-state index in [2.05, 4.69) is 10.6 Å². The van der Waals surface area contributed by atoms with Gasteiger partial charge in [0.15, 0.2) is 5.11 Å². The van der Waals surface area contributed by atoms with Gasteiger partial charge in [-0.1, -0.05) is 11.6 Å². The van der Waals surface area contributed by atoms with Gasteiger partial charge in [0.25, 0.3) is 0 Å². The number of hydrogen-bond donors (Lipinski definition) is 2. The normalized spacial score (nSPS) is 10.5. The van der Waals surface area contributed by atoms with Crippen molar-refractivity contribution in [3.8, 4) is 0 Å². The molecule has 1 aromatic heterocycles. The summed E-state index contributed by atoms with van der Waals surface area (Å²) in [6.07, 6.45) is 4.22. The maximum atomic E-state index is 11.7. The number of rotatable bonds is 4. The average Bonchev–Trinajstić information content (AvgIpc) is 3.00. The SMILES string of the molecule is O=C(/C=C/c1ccco1)NC(=S)Nc1ccc(Cl)c(C(=O)[O-])c1. The van der Waals surface area contributed by atoms with Crippen LogP contribution in [0.1, 0.15) is 16.1 Å². The van der Waals surface area contributed by atoms with Gasteiger partial charge in [0.1, 0.15) is 5.76 Å². The van der Waals surface area contributed by atoms with Crippen LogP contribution in [0.3, 0.4) is 0 Å². The van der Waals surface area contributed by atoms with E-state index < -0.39 is 11.9 Å². The Balaban J connectivity index is 1.95. The zero-order chi connectivity index (χ0) is 16.8. The summed E-state index contributed by atoms with van der Waals surface area (Å²) >= 11 is 10.7. The Morgan fingerprint density at radius 1 is 1.30 bits per heavy atom. The summed E-state index contributed by atoms with van der Waals surface area (Å²) in [6.45, 7) is 0. The molecule has 0 aliphatic heterocycles. The highest BCUT2D eigenvalue weighted by molar-refractivity contribution is 7.80.